The molecule has 3 N–H and O–H groups in total. The van der Waals surface area contributed by atoms with E-state index in [0.717, 1.165) is 50.8 Å². The highest BCUT2D eigenvalue weighted by Crippen LogP contribution is 2.29. The molecule has 180 valence electrons. The highest BCUT2D eigenvalue weighted by Gasteiger charge is 2.37. The number of aryl methyl sites for hydroxylation is 1. The molecule has 0 unspecified atom stereocenters. The summed E-state index contributed by atoms with van der Waals surface area (Å²) in [5.41, 5.74) is 0.578. The molecule has 3 atom stereocenters. The molecule has 1 aliphatic carbocycles. The summed E-state index contributed by atoms with van der Waals surface area (Å²) in [6, 6.07) is 5.22. The summed E-state index contributed by atoms with van der Waals surface area (Å²) in [5.74, 6) is -0.793. The monoisotopic (exact) mass is 458 g/mol. The second-order valence-corrected chi connectivity index (χ2v) is 10.2. The molecule has 2 heterocycles. The van der Waals surface area contributed by atoms with E-state index in [2.05, 4.69) is 15.2 Å². The van der Waals surface area contributed by atoms with E-state index in [0.29, 0.717) is 22.6 Å². The van der Waals surface area contributed by atoms with Crippen LogP contribution in [0.15, 0.2) is 18.2 Å². The fourth-order valence-electron chi connectivity index (χ4n) is 5.35. The summed E-state index contributed by atoms with van der Waals surface area (Å²) in [5, 5.41) is 13.6. The zero-order valence-electron chi connectivity index (χ0n) is 19.9. The molecule has 8 heteroatoms. The van der Waals surface area contributed by atoms with Crippen LogP contribution in [0, 0.1) is 12.7 Å². The van der Waals surface area contributed by atoms with Crippen molar-refractivity contribution in [3.63, 3.8) is 0 Å². The smallest absolute Gasteiger partial charge is 0.267 e. The van der Waals surface area contributed by atoms with E-state index in [1.165, 1.54) is 19.9 Å². The first-order valence-corrected chi connectivity index (χ1v) is 11.9. The molecule has 0 bridgehead atoms. The number of carbonyl (C=O) groups excluding carboxylic acids is 2. The molecule has 1 aromatic carbocycles. The molecule has 0 radical (unpaired) electrons. The van der Waals surface area contributed by atoms with E-state index in [-0.39, 0.29) is 29.7 Å². The molecular formula is C25H35FN4O3. The van der Waals surface area contributed by atoms with Crippen molar-refractivity contribution in [2.24, 2.45) is 0 Å². The van der Waals surface area contributed by atoms with Crippen molar-refractivity contribution in [3.05, 3.63) is 35.3 Å². The molecule has 1 aliphatic heterocycles. The second kappa shape index (κ2) is 9.06. The predicted octanol–water partition coefficient (Wildman–Crippen LogP) is 2.96. The van der Waals surface area contributed by atoms with E-state index < -0.39 is 5.60 Å². The standard InChI is InChI=1S/C25H35FN4O3/c1-15-8-9-20(26)19-13-21(28-22(15)19)23(31)27-16-6-5-7-17(12-16)30-11-10-18(14-30)29(4)24(32)25(2,3)33/h8-9,13,16-18,28,33H,5-7,10-12,14H2,1-4H3,(H,27,31)/t16-,17-,18-/m1/s1. The normalized spacial score (nSPS) is 24.2. The third-order valence-corrected chi connectivity index (χ3v) is 7.28. The fourth-order valence-corrected chi connectivity index (χ4v) is 5.35. The minimum absolute atomic E-state index is 0.0587. The number of nitrogens with one attached hydrogen (secondary N) is 2. The number of nitrogens with zero attached hydrogens (tertiary/aromatic N) is 2. The maximum atomic E-state index is 14.1. The molecule has 1 saturated heterocycles. The van der Waals surface area contributed by atoms with Gasteiger partial charge in [0.05, 0.1) is 5.52 Å². The Morgan fingerprint density at radius 1 is 1.27 bits per heavy atom. The summed E-state index contributed by atoms with van der Waals surface area (Å²) >= 11 is 0. The van der Waals surface area contributed by atoms with Gasteiger partial charge in [-0.15, -0.1) is 0 Å². The van der Waals surface area contributed by atoms with Crippen LogP contribution in [0.3, 0.4) is 0 Å². The van der Waals surface area contributed by atoms with Crippen molar-refractivity contribution < 1.29 is 19.1 Å². The highest BCUT2D eigenvalue weighted by atomic mass is 19.1. The average molecular weight is 459 g/mol. The number of hydrogen-bond donors (Lipinski definition) is 3. The molecule has 2 fully saturated rings. The summed E-state index contributed by atoms with van der Waals surface area (Å²) < 4.78 is 14.1. The quantitative estimate of drug-likeness (QED) is 0.643. The average Bonchev–Trinajstić information content (AvgIpc) is 3.43. The van der Waals surface area contributed by atoms with Gasteiger partial charge in [-0.25, -0.2) is 4.39 Å². The van der Waals surface area contributed by atoms with Gasteiger partial charge in [-0.05, 0) is 70.6 Å². The fraction of sp³-hybridized carbons (Fsp3) is 0.600. The topological polar surface area (TPSA) is 88.7 Å². The Balaban J connectivity index is 1.36. The number of H-pyrrole nitrogens is 1. The number of amides is 2. The molecule has 2 amide bonds. The Morgan fingerprint density at radius 2 is 2.03 bits per heavy atom. The third kappa shape index (κ3) is 4.92. The largest absolute Gasteiger partial charge is 0.381 e. The van der Waals surface area contributed by atoms with Gasteiger partial charge in [-0.2, -0.15) is 0 Å². The molecule has 4 rings (SSSR count). The lowest BCUT2D eigenvalue weighted by atomic mass is 9.90. The number of fused-ring (bicyclic) bond motifs is 1. The second-order valence-electron chi connectivity index (χ2n) is 10.2. The van der Waals surface area contributed by atoms with Crippen molar-refractivity contribution in [2.75, 3.05) is 20.1 Å². The van der Waals surface area contributed by atoms with Gasteiger partial charge in [0.2, 0.25) is 0 Å². The van der Waals surface area contributed by atoms with Crippen LogP contribution in [-0.4, -0.2) is 75.6 Å². The van der Waals surface area contributed by atoms with Gasteiger partial charge < -0.3 is 20.3 Å². The van der Waals surface area contributed by atoms with Crippen molar-refractivity contribution >= 4 is 22.7 Å². The van der Waals surface area contributed by atoms with E-state index in [9.17, 15) is 19.1 Å². The minimum Gasteiger partial charge on any atom is -0.381 e. The van der Waals surface area contributed by atoms with Crippen molar-refractivity contribution in [3.8, 4) is 0 Å². The lowest BCUT2D eigenvalue weighted by Crippen LogP contribution is -2.50. The van der Waals surface area contributed by atoms with Crippen molar-refractivity contribution in [1.29, 1.82) is 0 Å². The minimum atomic E-state index is -1.37. The first kappa shape index (κ1) is 23.7. The van der Waals surface area contributed by atoms with Crippen LogP contribution in [-0.2, 0) is 4.79 Å². The van der Waals surface area contributed by atoms with Crippen LogP contribution in [0.4, 0.5) is 4.39 Å². The molecule has 33 heavy (non-hydrogen) atoms. The van der Waals surface area contributed by atoms with Crippen LogP contribution < -0.4 is 5.32 Å². The van der Waals surface area contributed by atoms with Gasteiger partial charge in [-0.3, -0.25) is 14.5 Å². The number of halogens is 1. The number of aromatic amines is 1. The van der Waals surface area contributed by atoms with E-state index >= 15 is 0 Å². The van der Waals surface area contributed by atoms with Gasteiger partial charge in [0.25, 0.3) is 11.8 Å². The summed E-state index contributed by atoms with van der Waals surface area (Å²) in [7, 11) is 1.77. The van der Waals surface area contributed by atoms with Gasteiger partial charge in [-0.1, -0.05) is 6.07 Å². The molecule has 1 aromatic heterocycles. The Bertz CT molecular complexity index is 1010. The lowest BCUT2D eigenvalue weighted by molar-refractivity contribution is -0.148. The molecule has 1 saturated carbocycles. The summed E-state index contributed by atoms with van der Waals surface area (Å²) in [4.78, 5) is 32.5. The van der Waals surface area contributed by atoms with Gasteiger partial charge in [0.1, 0.15) is 17.1 Å². The number of benzene rings is 1. The number of hydrogen-bond acceptors (Lipinski definition) is 4. The molecule has 0 spiro atoms. The van der Waals surface area contributed by atoms with E-state index in [1.807, 2.05) is 6.92 Å². The molecule has 2 aliphatic rings. The molecule has 7 nitrogen and oxygen atoms in total. The Kier molecular flexibility index (Phi) is 6.51. The summed E-state index contributed by atoms with van der Waals surface area (Å²) in [6.07, 6.45) is 4.75. The maximum Gasteiger partial charge on any atom is 0.267 e. The number of carbonyl (C=O) groups is 2. The number of aromatic nitrogens is 1. The number of likely N-dealkylation sites (tertiary alicyclic amines) is 1. The van der Waals surface area contributed by atoms with Crippen molar-refractivity contribution in [2.45, 2.75) is 76.6 Å². The number of likely N-dealkylation sites (N-methyl/N-ethyl adjacent to an activating group) is 1. The molecule has 2 aromatic rings. The maximum absolute atomic E-state index is 14.1. The zero-order valence-corrected chi connectivity index (χ0v) is 19.9. The Morgan fingerprint density at radius 3 is 2.73 bits per heavy atom. The number of rotatable bonds is 5. The number of aliphatic hydroxyl groups is 1. The van der Waals surface area contributed by atoms with Gasteiger partial charge >= 0.3 is 0 Å². The van der Waals surface area contributed by atoms with Crippen molar-refractivity contribution in [1.82, 2.24) is 20.1 Å². The predicted molar refractivity (Wildman–Crippen MR) is 126 cm³/mol. The highest BCUT2D eigenvalue weighted by molar-refractivity contribution is 5.99. The first-order valence-electron chi connectivity index (χ1n) is 11.9. The zero-order chi connectivity index (χ0) is 23.9. The van der Waals surface area contributed by atoms with E-state index in [4.69, 9.17) is 0 Å². The Labute approximate surface area is 194 Å². The van der Waals surface area contributed by atoms with Gasteiger partial charge in [0.15, 0.2) is 0 Å². The van der Waals surface area contributed by atoms with Crippen LogP contribution in [0.2, 0.25) is 0 Å². The van der Waals surface area contributed by atoms with Crippen LogP contribution in [0.5, 0.6) is 0 Å². The Hall–Kier alpha value is -2.45. The first-order chi connectivity index (χ1) is 15.5. The van der Waals surface area contributed by atoms with Gasteiger partial charge in [0, 0.05) is 43.6 Å². The third-order valence-electron chi connectivity index (χ3n) is 7.28. The SMILES string of the molecule is Cc1ccc(F)c2cc(C(=O)N[C@@H]3CCC[C@@H](N4CC[C@@H](N(C)C(=O)C(C)(C)O)C4)C3)[nH]c12. The van der Waals surface area contributed by atoms with Crippen LogP contribution in [0.25, 0.3) is 10.9 Å². The van der Waals surface area contributed by atoms with Crippen LogP contribution >= 0.6 is 0 Å². The van der Waals surface area contributed by atoms with Crippen LogP contribution in [0.1, 0.15) is 62.0 Å². The van der Waals surface area contributed by atoms with E-state index in [1.54, 1.807) is 24.1 Å². The molecular weight excluding hydrogens is 423 g/mol. The summed E-state index contributed by atoms with van der Waals surface area (Å²) in [6.45, 7) is 6.62. The lowest BCUT2D eigenvalue weighted by Gasteiger charge is -2.36.